The molecule has 0 saturated heterocycles. The maximum absolute atomic E-state index is 14.2. The number of hydrogen-bond donors (Lipinski definition) is 2. The van der Waals surface area contributed by atoms with E-state index in [0.29, 0.717) is 24.4 Å². The SMILES string of the molecule is COCCNC(=O)c1cc(NC(=O)c2cc(-c3ncccc3F)ccc2Cl)n(-c2ccccc2)n1. The molecule has 2 aromatic heterocycles. The number of hydrogen-bond acceptors (Lipinski definition) is 5. The van der Waals surface area contributed by atoms with Gasteiger partial charge in [0.15, 0.2) is 5.69 Å². The number of carbonyl (C=O) groups is 2. The van der Waals surface area contributed by atoms with E-state index in [1.165, 1.54) is 48.3 Å². The van der Waals surface area contributed by atoms with Crippen molar-refractivity contribution in [3.63, 3.8) is 0 Å². The Balaban J connectivity index is 1.66. The number of para-hydroxylation sites is 1. The van der Waals surface area contributed by atoms with Crippen molar-refractivity contribution in [3.8, 4) is 16.9 Å². The first-order chi connectivity index (χ1) is 17.0. The van der Waals surface area contributed by atoms with Crippen molar-refractivity contribution in [2.75, 3.05) is 25.6 Å². The molecule has 10 heteroatoms. The van der Waals surface area contributed by atoms with Gasteiger partial charge in [-0.15, -0.1) is 0 Å². The molecule has 8 nitrogen and oxygen atoms in total. The summed E-state index contributed by atoms with van der Waals surface area (Å²) in [6.45, 7) is 0.655. The lowest BCUT2D eigenvalue weighted by Gasteiger charge is -2.11. The Labute approximate surface area is 205 Å². The number of pyridine rings is 1. The van der Waals surface area contributed by atoms with Gasteiger partial charge in [0.1, 0.15) is 17.3 Å². The van der Waals surface area contributed by atoms with Gasteiger partial charge in [0.2, 0.25) is 0 Å². The Morgan fingerprint density at radius 3 is 2.60 bits per heavy atom. The zero-order valence-corrected chi connectivity index (χ0v) is 19.4. The van der Waals surface area contributed by atoms with Crippen molar-refractivity contribution >= 4 is 29.2 Å². The van der Waals surface area contributed by atoms with Gasteiger partial charge in [-0.3, -0.25) is 14.6 Å². The molecule has 0 bridgehead atoms. The summed E-state index contributed by atoms with van der Waals surface area (Å²) in [6.07, 6.45) is 1.46. The second kappa shape index (κ2) is 10.9. The molecule has 0 unspecified atom stereocenters. The van der Waals surface area contributed by atoms with Gasteiger partial charge in [-0.25, -0.2) is 9.07 Å². The standard InChI is InChI=1S/C25H21ClFN5O3/c1-35-13-12-29-25(34)21-15-22(32(31-21)17-6-3-2-4-7-17)30-24(33)18-14-16(9-10-19(18)26)23-20(27)8-5-11-28-23/h2-11,14-15H,12-13H2,1H3,(H,29,34)(H,30,33). The fraction of sp³-hybridized carbons (Fsp3) is 0.120. The number of anilines is 1. The molecule has 0 atom stereocenters. The number of methoxy groups -OCH3 is 1. The van der Waals surface area contributed by atoms with Crippen molar-refractivity contribution in [1.29, 1.82) is 0 Å². The molecule has 0 saturated carbocycles. The maximum Gasteiger partial charge on any atom is 0.271 e. The Bertz CT molecular complexity index is 1360. The molecule has 4 aromatic rings. The minimum absolute atomic E-state index is 0.0996. The van der Waals surface area contributed by atoms with Crippen LogP contribution in [0.3, 0.4) is 0 Å². The topological polar surface area (TPSA) is 98.1 Å². The normalized spacial score (nSPS) is 10.7. The molecular weight excluding hydrogens is 473 g/mol. The number of amides is 2. The van der Waals surface area contributed by atoms with Gasteiger partial charge < -0.3 is 15.4 Å². The van der Waals surface area contributed by atoms with Crippen molar-refractivity contribution in [3.05, 3.63) is 95.0 Å². The third kappa shape index (κ3) is 5.53. The summed E-state index contributed by atoms with van der Waals surface area (Å²) >= 11 is 6.29. The van der Waals surface area contributed by atoms with Crippen LogP contribution in [0.25, 0.3) is 16.9 Å². The van der Waals surface area contributed by atoms with Gasteiger partial charge in [0, 0.05) is 31.5 Å². The molecule has 2 N–H and O–H groups in total. The first-order valence-corrected chi connectivity index (χ1v) is 11.0. The lowest BCUT2D eigenvalue weighted by molar-refractivity contribution is 0.0931. The zero-order chi connectivity index (χ0) is 24.8. The smallest absolute Gasteiger partial charge is 0.271 e. The van der Waals surface area contributed by atoms with Crippen LogP contribution >= 0.6 is 11.6 Å². The number of nitrogens with one attached hydrogen (secondary N) is 2. The number of nitrogens with zero attached hydrogens (tertiary/aromatic N) is 3. The molecule has 2 heterocycles. The number of aromatic nitrogens is 3. The van der Waals surface area contributed by atoms with Crippen molar-refractivity contribution in [2.45, 2.75) is 0 Å². The van der Waals surface area contributed by atoms with E-state index in [-0.39, 0.29) is 27.8 Å². The molecule has 0 fully saturated rings. The molecule has 178 valence electrons. The van der Waals surface area contributed by atoms with E-state index >= 15 is 0 Å². The molecule has 0 radical (unpaired) electrons. The fourth-order valence-corrected chi connectivity index (χ4v) is 3.54. The van der Waals surface area contributed by atoms with E-state index in [4.69, 9.17) is 16.3 Å². The summed E-state index contributed by atoms with van der Waals surface area (Å²) in [6, 6.07) is 17.8. The summed E-state index contributed by atoms with van der Waals surface area (Å²) in [7, 11) is 1.53. The monoisotopic (exact) mass is 493 g/mol. The van der Waals surface area contributed by atoms with Crippen LogP contribution in [0, 0.1) is 5.82 Å². The Hall–Kier alpha value is -4.08. The van der Waals surface area contributed by atoms with E-state index in [2.05, 4.69) is 20.7 Å². The van der Waals surface area contributed by atoms with Crippen LogP contribution in [-0.2, 0) is 4.74 Å². The van der Waals surface area contributed by atoms with Crippen molar-refractivity contribution in [1.82, 2.24) is 20.1 Å². The summed E-state index contributed by atoms with van der Waals surface area (Å²) in [5.41, 5.74) is 1.35. The third-order valence-corrected chi connectivity index (χ3v) is 5.35. The number of benzene rings is 2. The van der Waals surface area contributed by atoms with Gasteiger partial charge in [0.25, 0.3) is 11.8 Å². The number of rotatable bonds is 8. The predicted molar refractivity (Wildman–Crippen MR) is 130 cm³/mol. The van der Waals surface area contributed by atoms with Crippen molar-refractivity contribution < 1.29 is 18.7 Å². The van der Waals surface area contributed by atoms with Gasteiger partial charge in [-0.1, -0.05) is 35.9 Å². The predicted octanol–water partition coefficient (Wildman–Crippen LogP) is 4.36. The molecule has 4 rings (SSSR count). The van der Waals surface area contributed by atoms with Crippen LogP contribution in [0.1, 0.15) is 20.8 Å². The minimum atomic E-state index is -0.559. The Morgan fingerprint density at radius 2 is 1.86 bits per heavy atom. The lowest BCUT2D eigenvalue weighted by atomic mass is 10.1. The van der Waals surface area contributed by atoms with Gasteiger partial charge in [-0.2, -0.15) is 5.10 Å². The van der Waals surface area contributed by atoms with E-state index in [1.54, 1.807) is 18.2 Å². The molecule has 35 heavy (non-hydrogen) atoms. The molecule has 0 aliphatic carbocycles. The summed E-state index contributed by atoms with van der Waals surface area (Å²) in [5.74, 6) is -1.24. The average Bonchev–Trinajstić information content (AvgIpc) is 3.29. The average molecular weight is 494 g/mol. The highest BCUT2D eigenvalue weighted by Crippen LogP contribution is 2.27. The fourth-order valence-electron chi connectivity index (χ4n) is 3.33. The number of carbonyl (C=O) groups excluding carboxylic acids is 2. The summed E-state index contributed by atoms with van der Waals surface area (Å²) < 4.78 is 20.6. The van der Waals surface area contributed by atoms with Crippen LogP contribution in [0.2, 0.25) is 5.02 Å². The highest BCUT2D eigenvalue weighted by Gasteiger charge is 2.20. The first-order valence-electron chi connectivity index (χ1n) is 10.6. The highest BCUT2D eigenvalue weighted by molar-refractivity contribution is 6.34. The molecule has 0 spiro atoms. The molecule has 2 amide bonds. The molecular formula is C25H21ClFN5O3. The summed E-state index contributed by atoms with van der Waals surface area (Å²) in [5, 5.41) is 9.99. The van der Waals surface area contributed by atoms with Crippen LogP contribution in [-0.4, -0.2) is 46.8 Å². The molecule has 2 aromatic carbocycles. The zero-order valence-electron chi connectivity index (χ0n) is 18.7. The maximum atomic E-state index is 14.2. The van der Waals surface area contributed by atoms with Crippen molar-refractivity contribution in [2.24, 2.45) is 0 Å². The van der Waals surface area contributed by atoms with Gasteiger partial charge >= 0.3 is 0 Å². The van der Waals surface area contributed by atoms with Crippen LogP contribution in [0.4, 0.5) is 10.2 Å². The Morgan fingerprint density at radius 1 is 1.06 bits per heavy atom. The van der Waals surface area contributed by atoms with E-state index < -0.39 is 17.6 Å². The largest absolute Gasteiger partial charge is 0.383 e. The van der Waals surface area contributed by atoms with E-state index in [1.807, 2.05) is 18.2 Å². The second-order valence-electron chi connectivity index (χ2n) is 7.39. The third-order valence-electron chi connectivity index (χ3n) is 5.02. The number of halogens is 2. The first kappa shape index (κ1) is 24.1. The lowest BCUT2D eigenvalue weighted by Crippen LogP contribution is -2.27. The van der Waals surface area contributed by atoms with E-state index in [0.717, 1.165) is 0 Å². The van der Waals surface area contributed by atoms with E-state index in [9.17, 15) is 14.0 Å². The van der Waals surface area contributed by atoms with Gasteiger partial charge in [-0.05, 0) is 36.4 Å². The molecule has 0 aliphatic rings. The Kier molecular flexibility index (Phi) is 7.49. The summed E-state index contributed by atoms with van der Waals surface area (Å²) in [4.78, 5) is 29.8. The highest BCUT2D eigenvalue weighted by atomic mass is 35.5. The number of ether oxygens (including phenoxy) is 1. The van der Waals surface area contributed by atoms with Crippen LogP contribution in [0.15, 0.2) is 72.9 Å². The minimum Gasteiger partial charge on any atom is -0.383 e. The quantitative estimate of drug-likeness (QED) is 0.355. The van der Waals surface area contributed by atoms with Crippen LogP contribution in [0.5, 0.6) is 0 Å². The van der Waals surface area contributed by atoms with Gasteiger partial charge in [0.05, 0.1) is 22.9 Å². The van der Waals surface area contributed by atoms with Crippen LogP contribution < -0.4 is 10.6 Å². The second-order valence-corrected chi connectivity index (χ2v) is 7.80. The molecule has 0 aliphatic heterocycles.